The van der Waals surface area contributed by atoms with E-state index < -0.39 is 16.0 Å². The standard InChI is InChI=1S/C19H18N2O5S/c1-12-13(2)26-18(20-12)15-5-4-6-16(11-15)21-27(23,24)17-9-7-14(8-10-17)19(22)25-3/h4-11,21H,1-3H3. The Morgan fingerprint density at radius 2 is 1.81 bits per heavy atom. The third kappa shape index (κ3) is 4.01. The molecule has 1 N–H and O–H groups in total. The quantitative estimate of drug-likeness (QED) is 0.674. The van der Waals surface area contributed by atoms with Gasteiger partial charge in [-0.15, -0.1) is 0 Å². The average molecular weight is 386 g/mol. The second-order valence-electron chi connectivity index (χ2n) is 5.86. The molecule has 0 amide bonds. The number of hydrogen-bond acceptors (Lipinski definition) is 6. The van der Waals surface area contributed by atoms with E-state index in [4.69, 9.17) is 4.42 Å². The monoisotopic (exact) mass is 386 g/mol. The third-order valence-electron chi connectivity index (χ3n) is 3.98. The summed E-state index contributed by atoms with van der Waals surface area (Å²) in [5.74, 6) is 0.603. The van der Waals surface area contributed by atoms with E-state index in [1.165, 1.54) is 31.4 Å². The van der Waals surface area contributed by atoms with Gasteiger partial charge in [-0.3, -0.25) is 4.72 Å². The summed E-state index contributed by atoms with van der Waals surface area (Å²) >= 11 is 0. The largest absolute Gasteiger partial charge is 0.465 e. The van der Waals surface area contributed by atoms with Crippen LogP contribution in [-0.4, -0.2) is 26.5 Å². The number of methoxy groups -OCH3 is 1. The molecule has 0 spiro atoms. The van der Waals surface area contributed by atoms with Crippen LogP contribution >= 0.6 is 0 Å². The Morgan fingerprint density at radius 3 is 2.41 bits per heavy atom. The fourth-order valence-electron chi connectivity index (χ4n) is 2.41. The zero-order valence-electron chi connectivity index (χ0n) is 15.0. The van der Waals surface area contributed by atoms with E-state index in [9.17, 15) is 13.2 Å². The maximum absolute atomic E-state index is 12.6. The minimum absolute atomic E-state index is 0.0309. The molecule has 3 aromatic rings. The number of oxazole rings is 1. The summed E-state index contributed by atoms with van der Waals surface area (Å²) in [6.45, 7) is 3.66. The first-order valence-electron chi connectivity index (χ1n) is 8.06. The van der Waals surface area contributed by atoms with Gasteiger partial charge < -0.3 is 9.15 Å². The topological polar surface area (TPSA) is 98.5 Å². The van der Waals surface area contributed by atoms with E-state index >= 15 is 0 Å². The highest BCUT2D eigenvalue weighted by atomic mass is 32.2. The number of sulfonamides is 1. The highest BCUT2D eigenvalue weighted by Gasteiger charge is 2.16. The van der Waals surface area contributed by atoms with Crippen LogP contribution in [0.3, 0.4) is 0 Å². The lowest BCUT2D eigenvalue weighted by atomic mass is 10.2. The first-order valence-corrected chi connectivity index (χ1v) is 9.54. The lowest BCUT2D eigenvalue weighted by Gasteiger charge is -2.09. The van der Waals surface area contributed by atoms with Crippen molar-refractivity contribution in [1.82, 2.24) is 4.98 Å². The molecule has 27 heavy (non-hydrogen) atoms. The molecule has 0 aliphatic rings. The van der Waals surface area contributed by atoms with Crippen molar-refractivity contribution in [3.63, 3.8) is 0 Å². The smallest absolute Gasteiger partial charge is 0.337 e. The zero-order chi connectivity index (χ0) is 19.6. The van der Waals surface area contributed by atoms with Crippen LogP contribution in [0.5, 0.6) is 0 Å². The predicted octanol–water partition coefficient (Wildman–Crippen LogP) is 3.55. The van der Waals surface area contributed by atoms with E-state index in [0.717, 1.165) is 5.69 Å². The number of benzene rings is 2. The Balaban J connectivity index is 1.85. The molecule has 2 aromatic carbocycles. The molecule has 1 heterocycles. The van der Waals surface area contributed by atoms with Gasteiger partial charge in [0.05, 0.1) is 23.3 Å². The van der Waals surface area contributed by atoms with Crippen LogP contribution in [0.4, 0.5) is 5.69 Å². The van der Waals surface area contributed by atoms with E-state index in [2.05, 4.69) is 14.4 Å². The molecule has 0 radical (unpaired) electrons. The number of rotatable bonds is 5. The second-order valence-corrected chi connectivity index (χ2v) is 7.55. The van der Waals surface area contributed by atoms with Gasteiger partial charge in [0.1, 0.15) is 5.76 Å². The second kappa shape index (κ2) is 7.24. The lowest BCUT2D eigenvalue weighted by Crippen LogP contribution is -2.13. The number of ether oxygens (including phenoxy) is 1. The van der Waals surface area contributed by atoms with Crippen molar-refractivity contribution in [2.75, 3.05) is 11.8 Å². The minimum Gasteiger partial charge on any atom is -0.465 e. The third-order valence-corrected chi connectivity index (χ3v) is 5.37. The molecule has 1 aromatic heterocycles. The van der Waals surface area contributed by atoms with Gasteiger partial charge in [-0.2, -0.15) is 0 Å². The van der Waals surface area contributed by atoms with Crippen molar-refractivity contribution in [2.45, 2.75) is 18.7 Å². The number of nitrogens with zero attached hydrogens (tertiary/aromatic N) is 1. The Kier molecular flexibility index (Phi) is 5.00. The van der Waals surface area contributed by atoms with E-state index in [1.807, 2.05) is 13.8 Å². The van der Waals surface area contributed by atoms with Crippen LogP contribution in [0.25, 0.3) is 11.5 Å². The van der Waals surface area contributed by atoms with Crippen molar-refractivity contribution in [2.24, 2.45) is 0 Å². The van der Waals surface area contributed by atoms with Crippen molar-refractivity contribution < 1.29 is 22.4 Å². The number of carbonyl (C=O) groups is 1. The van der Waals surface area contributed by atoms with Crippen LogP contribution in [0, 0.1) is 13.8 Å². The molecule has 8 heteroatoms. The normalized spacial score (nSPS) is 11.2. The van der Waals surface area contributed by atoms with E-state index in [-0.39, 0.29) is 10.5 Å². The number of hydrogen-bond donors (Lipinski definition) is 1. The maximum Gasteiger partial charge on any atom is 0.337 e. The molecule has 0 unspecified atom stereocenters. The van der Waals surface area contributed by atoms with Crippen LogP contribution in [0.15, 0.2) is 57.8 Å². The number of aromatic nitrogens is 1. The van der Waals surface area contributed by atoms with Gasteiger partial charge in [0.2, 0.25) is 5.89 Å². The van der Waals surface area contributed by atoms with Gasteiger partial charge in [-0.1, -0.05) is 6.07 Å². The average Bonchev–Trinajstić information content (AvgIpc) is 3.00. The molecular weight excluding hydrogens is 368 g/mol. The van der Waals surface area contributed by atoms with Gasteiger partial charge in [0.25, 0.3) is 10.0 Å². The van der Waals surface area contributed by atoms with Gasteiger partial charge in [-0.05, 0) is 56.3 Å². The maximum atomic E-state index is 12.6. The summed E-state index contributed by atoms with van der Waals surface area (Å²) in [6.07, 6.45) is 0. The Hall–Kier alpha value is -3.13. The van der Waals surface area contributed by atoms with Crippen molar-refractivity contribution in [3.8, 4) is 11.5 Å². The highest BCUT2D eigenvalue weighted by Crippen LogP contribution is 2.25. The molecule has 0 aliphatic heterocycles. The molecule has 7 nitrogen and oxygen atoms in total. The molecule has 3 rings (SSSR count). The van der Waals surface area contributed by atoms with E-state index in [1.54, 1.807) is 24.3 Å². The summed E-state index contributed by atoms with van der Waals surface area (Å²) in [4.78, 5) is 15.8. The lowest BCUT2D eigenvalue weighted by molar-refractivity contribution is 0.0600. The van der Waals surface area contributed by atoms with Gasteiger partial charge >= 0.3 is 5.97 Å². The Morgan fingerprint density at radius 1 is 1.11 bits per heavy atom. The van der Waals surface area contributed by atoms with Gasteiger partial charge in [0.15, 0.2) is 0 Å². The molecule has 0 atom stereocenters. The molecule has 140 valence electrons. The fraction of sp³-hybridized carbons (Fsp3) is 0.158. The molecule has 0 saturated carbocycles. The first kappa shape index (κ1) is 18.7. The number of anilines is 1. The Bertz CT molecular complexity index is 1070. The van der Waals surface area contributed by atoms with Crippen LogP contribution < -0.4 is 4.72 Å². The molecule has 0 saturated heterocycles. The Labute approximate surface area is 157 Å². The summed E-state index contributed by atoms with van der Waals surface area (Å²) in [6, 6.07) is 12.3. The SMILES string of the molecule is COC(=O)c1ccc(S(=O)(=O)Nc2cccc(-c3nc(C)c(C)o3)c2)cc1. The molecule has 0 bridgehead atoms. The molecular formula is C19H18N2O5S. The number of esters is 1. The van der Waals surface area contributed by atoms with Crippen LogP contribution in [0.2, 0.25) is 0 Å². The van der Waals surface area contributed by atoms with Gasteiger partial charge in [0, 0.05) is 11.3 Å². The zero-order valence-corrected chi connectivity index (χ0v) is 15.8. The highest BCUT2D eigenvalue weighted by molar-refractivity contribution is 7.92. The molecule has 0 fully saturated rings. The summed E-state index contributed by atoms with van der Waals surface area (Å²) in [7, 11) is -2.56. The number of aryl methyl sites for hydroxylation is 2. The van der Waals surface area contributed by atoms with Crippen molar-refractivity contribution in [3.05, 3.63) is 65.5 Å². The predicted molar refractivity (Wildman–Crippen MR) is 100 cm³/mol. The number of carbonyl (C=O) groups excluding carboxylic acids is 1. The summed E-state index contributed by atoms with van der Waals surface area (Å²) in [5.41, 5.74) is 2.08. The minimum atomic E-state index is -3.82. The first-order chi connectivity index (χ1) is 12.8. The van der Waals surface area contributed by atoms with Crippen LogP contribution in [0.1, 0.15) is 21.8 Å². The number of nitrogens with one attached hydrogen (secondary N) is 1. The summed E-state index contributed by atoms with van der Waals surface area (Å²) in [5, 5.41) is 0. The molecule has 0 aliphatic carbocycles. The summed E-state index contributed by atoms with van der Waals surface area (Å²) < 4.78 is 37.9. The van der Waals surface area contributed by atoms with Gasteiger partial charge in [-0.25, -0.2) is 18.2 Å². The van der Waals surface area contributed by atoms with E-state index in [0.29, 0.717) is 22.9 Å². The van der Waals surface area contributed by atoms with Crippen LogP contribution in [-0.2, 0) is 14.8 Å². The fourth-order valence-corrected chi connectivity index (χ4v) is 3.46. The van der Waals surface area contributed by atoms with Crippen molar-refractivity contribution >= 4 is 21.7 Å². The van der Waals surface area contributed by atoms with Crippen molar-refractivity contribution in [1.29, 1.82) is 0 Å².